The Morgan fingerprint density at radius 2 is 2.18 bits per heavy atom. The van der Waals surface area contributed by atoms with E-state index in [1.54, 1.807) is 13.8 Å². The van der Waals surface area contributed by atoms with Crippen LogP contribution in [0.4, 0.5) is 0 Å². The van der Waals surface area contributed by atoms with Crippen LogP contribution in [0.3, 0.4) is 0 Å². The number of hydrogen-bond acceptors (Lipinski definition) is 4. The van der Waals surface area contributed by atoms with Crippen molar-refractivity contribution in [2.24, 2.45) is 11.7 Å². The second-order valence-corrected chi connectivity index (χ2v) is 2.84. The molecule has 0 heterocycles. The van der Waals surface area contributed by atoms with E-state index >= 15 is 0 Å². The minimum absolute atomic E-state index is 0.139. The van der Waals surface area contributed by atoms with E-state index in [-0.39, 0.29) is 5.92 Å². The van der Waals surface area contributed by atoms with Gasteiger partial charge >= 0.3 is 5.97 Å². The van der Waals surface area contributed by atoms with Crippen LogP contribution in [-0.2, 0) is 9.53 Å². The van der Waals surface area contributed by atoms with Gasteiger partial charge < -0.3 is 15.6 Å². The smallest absolute Gasteiger partial charge is 0.328 e. The van der Waals surface area contributed by atoms with Gasteiger partial charge in [-0.15, -0.1) is 0 Å². The largest absolute Gasteiger partial charge is 0.468 e. The van der Waals surface area contributed by atoms with Crippen molar-refractivity contribution in [1.82, 2.24) is 0 Å². The van der Waals surface area contributed by atoms with Gasteiger partial charge in [0.05, 0.1) is 13.7 Å². The zero-order valence-electron chi connectivity index (χ0n) is 7.13. The number of methoxy groups -OCH3 is 1. The fourth-order valence-corrected chi connectivity index (χ4v) is 0.673. The van der Waals surface area contributed by atoms with Crippen LogP contribution in [0.2, 0.25) is 0 Å². The van der Waals surface area contributed by atoms with Crippen LogP contribution in [0.25, 0.3) is 0 Å². The lowest BCUT2D eigenvalue weighted by atomic mass is 9.88. The highest BCUT2D eigenvalue weighted by molar-refractivity contribution is 5.80. The molecule has 0 aromatic carbocycles. The minimum atomic E-state index is -1.26. The number of carbonyl (C=O) groups excluding carboxylic acids is 1. The maximum atomic E-state index is 11.0. The first-order valence-corrected chi connectivity index (χ1v) is 3.47. The highest BCUT2D eigenvalue weighted by atomic mass is 16.5. The van der Waals surface area contributed by atoms with E-state index in [1.165, 1.54) is 7.11 Å². The average molecular weight is 161 g/mol. The number of hydrogen-bond donors (Lipinski definition) is 2. The number of esters is 1. The third-order valence-electron chi connectivity index (χ3n) is 1.86. The Labute approximate surface area is 66.3 Å². The number of aliphatic hydroxyl groups is 1. The van der Waals surface area contributed by atoms with Crippen molar-refractivity contribution in [3.8, 4) is 0 Å². The zero-order chi connectivity index (χ0) is 9.07. The van der Waals surface area contributed by atoms with E-state index in [2.05, 4.69) is 4.74 Å². The van der Waals surface area contributed by atoms with E-state index in [9.17, 15) is 4.79 Å². The molecule has 0 aromatic heterocycles. The van der Waals surface area contributed by atoms with Crippen LogP contribution in [0, 0.1) is 5.92 Å². The molecule has 0 saturated heterocycles. The monoisotopic (exact) mass is 161 g/mol. The lowest BCUT2D eigenvalue weighted by Gasteiger charge is -2.27. The zero-order valence-corrected chi connectivity index (χ0v) is 7.13. The SMILES string of the molecule is COC(=O)C(N)(CO)C(C)C. The lowest BCUT2D eigenvalue weighted by molar-refractivity contribution is -0.150. The molecule has 0 amide bonds. The summed E-state index contributed by atoms with van der Waals surface area (Å²) in [6.07, 6.45) is 0. The predicted molar refractivity (Wildman–Crippen MR) is 40.9 cm³/mol. The molecule has 0 aliphatic rings. The molecule has 66 valence electrons. The first-order chi connectivity index (χ1) is 4.99. The molecule has 1 atom stereocenters. The van der Waals surface area contributed by atoms with Gasteiger partial charge in [0.15, 0.2) is 0 Å². The normalized spacial score (nSPS) is 16.2. The molecule has 0 saturated carbocycles. The van der Waals surface area contributed by atoms with Gasteiger partial charge in [-0.2, -0.15) is 0 Å². The number of rotatable bonds is 3. The molecular weight excluding hydrogens is 146 g/mol. The fraction of sp³-hybridized carbons (Fsp3) is 0.857. The van der Waals surface area contributed by atoms with Crippen LogP contribution in [0.15, 0.2) is 0 Å². The van der Waals surface area contributed by atoms with Gasteiger partial charge in [-0.1, -0.05) is 13.8 Å². The molecular formula is C7H15NO3. The minimum Gasteiger partial charge on any atom is -0.468 e. The average Bonchev–Trinajstić information content (AvgIpc) is 2.01. The van der Waals surface area contributed by atoms with Crippen LogP contribution >= 0.6 is 0 Å². The Kier molecular flexibility index (Phi) is 3.48. The molecule has 0 spiro atoms. The molecule has 1 unspecified atom stereocenters. The first kappa shape index (κ1) is 10.4. The van der Waals surface area contributed by atoms with Crippen molar-refractivity contribution < 1.29 is 14.6 Å². The molecule has 4 heteroatoms. The Balaban J connectivity index is 4.45. The van der Waals surface area contributed by atoms with Crippen LogP contribution in [0.5, 0.6) is 0 Å². The molecule has 4 nitrogen and oxygen atoms in total. The third kappa shape index (κ3) is 1.91. The molecule has 0 radical (unpaired) electrons. The molecule has 0 rings (SSSR count). The maximum Gasteiger partial charge on any atom is 0.328 e. The summed E-state index contributed by atoms with van der Waals surface area (Å²) in [6.45, 7) is 3.12. The van der Waals surface area contributed by atoms with Gasteiger partial charge in [-0.25, -0.2) is 4.79 Å². The number of carbonyl (C=O) groups is 1. The summed E-state index contributed by atoms with van der Waals surface area (Å²) in [5, 5.41) is 8.83. The topological polar surface area (TPSA) is 72.5 Å². The molecule has 0 fully saturated rings. The van der Waals surface area contributed by atoms with Crippen molar-refractivity contribution in [2.45, 2.75) is 19.4 Å². The van der Waals surface area contributed by atoms with E-state index in [4.69, 9.17) is 10.8 Å². The summed E-state index contributed by atoms with van der Waals surface area (Å²) in [6, 6.07) is 0. The Morgan fingerprint density at radius 3 is 2.27 bits per heavy atom. The maximum absolute atomic E-state index is 11.0. The first-order valence-electron chi connectivity index (χ1n) is 3.47. The third-order valence-corrected chi connectivity index (χ3v) is 1.86. The van der Waals surface area contributed by atoms with Gasteiger partial charge in [0.25, 0.3) is 0 Å². The second kappa shape index (κ2) is 3.69. The number of ether oxygens (including phenoxy) is 1. The van der Waals surface area contributed by atoms with Crippen molar-refractivity contribution >= 4 is 5.97 Å². The summed E-state index contributed by atoms with van der Waals surface area (Å²) in [5.41, 5.74) is 4.31. The van der Waals surface area contributed by atoms with Crippen LogP contribution in [-0.4, -0.2) is 30.3 Å². The quantitative estimate of drug-likeness (QED) is 0.547. The van der Waals surface area contributed by atoms with Crippen molar-refractivity contribution in [3.05, 3.63) is 0 Å². The Hall–Kier alpha value is -0.610. The van der Waals surface area contributed by atoms with Gasteiger partial charge in [-0.3, -0.25) is 0 Å². The molecule has 0 aliphatic carbocycles. The lowest BCUT2D eigenvalue weighted by Crippen LogP contribution is -2.56. The summed E-state index contributed by atoms with van der Waals surface area (Å²) in [5.74, 6) is -0.713. The van der Waals surface area contributed by atoms with Gasteiger partial charge in [0.2, 0.25) is 0 Å². The van der Waals surface area contributed by atoms with E-state index in [0.717, 1.165) is 0 Å². The predicted octanol–water partition coefficient (Wildman–Crippen LogP) is -0.495. The standard InChI is InChI=1S/C7H15NO3/c1-5(2)7(8,4-9)6(10)11-3/h5,9H,4,8H2,1-3H3. The van der Waals surface area contributed by atoms with Crippen LogP contribution in [0.1, 0.15) is 13.8 Å². The summed E-state index contributed by atoms with van der Waals surface area (Å²) in [7, 11) is 1.25. The Morgan fingerprint density at radius 1 is 1.73 bits per heavy atom. The van der Waals surface area contributed by atoms with Crippen molar-refractivity contribution in [2.75, 3.05) is 13.7 Å². The van der Waals surface area contributed by atoms with E-state index in [1.807, 2.05) is 0 Å². The van der Waals surface area contributed by atoms with Crippen LogP contribution < -0.4 is 5.73 Å². The Bertz CT molecular complexity index is 147. The van der Waals surface area contributed by atoms with Gasteiger partial charge in [-0.05, 0) is 5.92 Å². The fourth-order valence-electron chi connectivity index (χ4n) is 0.673. The summed E-state index contributed by atoms with van der Waals surface area (Å²) < 4.78 is 4.44. The molecule has 0 aromatic rings. The van der Waals surface area contributed by atoms with Crippen molar-refractivity contribution in [3.63, 3.8) is 0 Å². The van der Waals surface area contributed by atoms with Crippen molar-refractivity contribution in [1.29, 1.82) is 0 Å². The summed E-state index contributed by atoms with van der Waals surface area (Å²) in [4.78, 5) is 11.0. The molecule has 0 bridgehead atoms. The van der Waals surface area contributed by atoms with Gasteiger partial charge in [0, 0.05) is 0 Å². The van der Waals surface area contributed by atoms with E-state index in [0.29, 0.717) is 0 Å². The summed E-state index contributed by atoms with van der Waals surface area (Å²) >= 11 is 0. The number of nitrogens with two attached hydrogens (primary N) is 1. The second-order valence-electron chi connectivity index (χ2n) is 2.84. The molecule has 3 N–H and O–H groups in total. The highest BCUT2D eigenvalue weighted by Gasteiger charge is 2.37. The van der Waals surface area contributed by atoms with E-state index < -0.39 is 18.1 Å². The molecule has 11 heavy (non-hydrogen) atoms. The molecule has 0 aliphatic heterocycles. The highest BCUT2D eigenvalue weighted by Crippen LogP contribution is 2.14. The van der Waals surface area contributed by atoms with Gasteiger partial charge in [0.1, 0.15) is 5.54 Å². The number of aliphatic hydroxyl groups excluding tert-OH is 1.